The van der Waals surface area contributed by atoms with Crippen LogP contribution >= 0.6 is 11.6 Å². The molecule has 2 nitrogen and oxygen atoms in total. The summed E-state index contributed by atoms with van der Waals surface area (Å²) in [7, 11) is 0. The minimum Gasteiger partial charge on any atom is -0.293 e. The molecule has 1 aromatic heterocycles. The number of rotatable bonds is 5. The van der Waals surface area contributed by atoms with Crippen LogP contribution in [0.2, 0.25) is 0 Å². The smallest absolute Gasteiger partial charge is 0.0705 e. The van der Waals surface area contributed by atoms with Gasteiger partial charge in [0.1, 0.15) is 0 Å². The van der Waals surface area contributed by atoms with Crippen LogP contribution in [0.25, 0.3) is 10.9 Å². The molecule has 1 saturated carbocycles. The van der Waals surface area contributed by atoms with Crippen molar-refractivity contribution in [3.63, 3.8) is 0 Å². The van der Waals surface area contributed by atoms with Crippen LogP contribution in [0.5, 0.6) is 0 Å². The molecule has 1 heterocycles. The van der Waals surface area contributed by atoms with E-state index >= 15 is 0 Å². The maximum Gasteiger partial charge on any atom is 0.0705 e. The van der Waals surface area contributed by atoms with Crippen molar-refractivity contribution < 1.29 is 0 Å². The van der Waals surface area contributed by atoms with Gasteiger partial charge in [0.2, 0.25) is 0 Å². The highest BCUT2D eigenvalue weighted by molar-refractivity contribution is 6.18. The Morgan fingerprint density at radius 1 is 1.05 bits per heavy atom. The molecule has 3 heteroatoms. The molecular weight excluding hydrogens is 280 g/mol. The molecule has 0 aliphatic heterocycles. The molecule has 0 unspecified atom stereocenters. The maximum absolute atomic E-state index is 6.01. The lowest BCUT2D eigenvalue weighted by Gasteiger charge is -2.33. The van der Waals surface area contributed by atoms with Crippen LogP contribution in [0.1, 0.15) is 37.8 Å². The zero-order valence-corrected chi connectivity index (χ0v) is 13.2. The Bertz CT molecular complexity index is 578. The predicted molar refractivity (Wildman–Crippen MR) is 89.7 cm³/mol. The van der Waals surface area contributed by atoms with Crippen LogP contribution in [0.3, 0.4) is 0 Å². The number of halogens is 1. The van der Waals surface area contributed by atoms with Crippen LogP contribution in [-0.4, -0.2) is 28.4 Å². The number of benzene rings is 1. The van der Waals surface area contributed by atoms with Gasteiger partial charge in [-0.3, -0.25) is 9.88 Å². The van der Waals surface area contributed by atoms with E-state index in [1.54, 1.807) is 0 Å². The van der Waals surface area contributed by atoms with Crippen LogP contribution in [0, 0.1) is 0 Å². The summed E-state index contributed by atoms with van der Waals surface area (Å²) in [6, 6.07) is 13.3. The monoisotopic (exact) mass is 302 g/mol. The van der Waals surface area contributed by atoms with Gasteiger partial charge in [-0.25, -0.2) is 0 Å². The number of aromatic nitrogens is 1. The van der Waals surface area contributed by atoms with Crippen molar-refractivity contribution in [1.82, 2.24) is 9.88 Å². The molecule has 0 N–H and O–H groups in total. The molecule has 0 amide bonds. The summed E-state index contributed by atoms with van der Waals surface area (Å²) in [5.41, 5.74) is 2.24. The van der Waals surface area contributed by atoms with E-state index in [1.807, 2.05) is 0 Å². The minimum absolute atomic E-state index is 0.686. The lowest BCUT2D eigenvalue weighted by Crippen LogP contribution is -2.37. The zero-order chi connectivity index (χ0) is 14.5. The fraction of sp³-hybridized carbons (Fsp3) is 0.500. The molecule has 1 aliphatic carbocycles. The maximum atomic E-state index is 6.01. The molecular formula is C18H23ClN2. The van der Waals surface area contributed by atoms with Gasteiger partial charge < -0.3 is 0 Å². The molecule has 0 bridgehead atoms. The first-order valence-corrected chi connectivity index (χ1v) is 8.55. The van der Waals surface area contributed by atoms with Gasteiger partial charge in [0.25, 0.3) is 0 Å². The van der Waals surface area contributed by atoms with Crippen LogP contribution < -0.4 is 0 Å². The Morgan fingerprint density at radius 3 is 2.67 bits per heavy atom. The summed E-state index contributed by atoms with van der Waals surface area (Å²) in [5.74, 6) is 0.698. The third-order valence-electron chi connectivity index (χ3n) is 4.48. The zero-order valence-electron chi connectivity index (χ0n) is 12.5. The molecule has 21 heavy (non-hydrogen) atoms. The number of hydrogen-bond acceptors (Lipinski definition) is 2. The highest BCUT2D eigenvalue weighted by Gasteiger charge is 2.21. The number of alkyl halides is 1. The van der Waals surface area contributed by atoms with Crippen LogP contribution in [0.4, 0.5) is 0 Å². The molecule has 0 radical (unpaired) electrons. The summed E-state index contributed by atoms with van der Waals surface area (Å²) in [6.07, 6.45) is 6.72. The standard InChI is InChI=1S/C18H23ClN2/c19-12-13-21(17-7-2-1-3-8-17)14-16-11-10-15-6-4-5-9-18(15)20-16/h4-6,9-11,17H,1-3,7-8,12-14H2. The Kier molecular flexibility index (Phi) is 5.10. The Hall–Kier alpha value is -1.12. The van der Waals surface area contributed by atoms with Crippen molar-refractivity contribution >= 4 is 22.5 Å². The number of para-hydroxylation sites is 1. The molecule has 0 spiro atoms. The van der Waals surface area contributed by atoms with Crippen LogP contribution in [-0.2, 0) is 6.54 Å². The number of nitrogens with zero attached hydrogens (tertiary/aromatic N) is 2. The second-order valence-electron chi connectivity index (χ2n) is 5.95. The summed E-state index contributed by atoms with van der Waals surface area (Å²) >= 11 is 6.01. The second-order valence-corrected chi connectivity index (χ2v) is 6.32. The fourth-order valence-electron chi connectivity index (χ4n) is 3.35. The number of hydrogen-bond donors (Lipinski definition) is 0. The topological polar surface area (TPSA) is 16.1 Å². The Labute approximate surface area is 132 Å². The molecule has 2 aromatic rings. The van der Waals surface area contributed by atoms with E-state index in [2.05, 4.69) is 41.3 Å². The van der Waals surface area contributed by atoms with E-state index in [0.717, 1.165) is 24.3 Å². The Morgan fingerprint density at radius 2 is 1.86 bits per heavy atom. The van der Waals surface area contributed by atoms with Gasteiger partial charge >= 0.3 is 0 Å². The Balaban J connectivity index is 1.76. The van der Waals surface area contributed by atoms with E-state index in [4.69, 9.17) is 16.6 Å². The van der Waals surface area contributed by atoms with Gasteiger partial charge in [0, 0.05) is 30.4 Å². The van der Waals surface area contributed by atoms with Crippen molar-refractivity contribution in [3.05, 3.63) is 42.1 Å². The highest BCUT2D eigenvalue weighted by Crippen LogP contribution is 2.24. The molecule has 1 aliphatic rings. The molecule has 0 atom stereocenters. The van der Waals surface area contributed by atoms with Gasteiger partial charge in [0.15, 0.2) is 0 Å². The fourth-order valence-corrected chi connectivity index (χ4v) is 3.57. The minimum atomic E-state index is 0.686. The molecule has 3 rings (SSSR count). The first-order chi connectivity index (χ1) is 10.4. The molecule has 0 saturated heterocycles. The summed E-state index contributed by atoms with van der Waals surface area (Å²) in [5, 5.41) is 1.21. The van der Waals surface area contributed by atoms with Gasteiger partial charge in [0.05, 0.1) is 11.2 Å². The number of pyridine rings is 1. The first kappa shape index (κ1) is 14.8. The van der Waals surface area contributed by atoms with Crippen molar-refractivity contribution in [2.75, 3.05) is 12.4 Å². The lowest BCUT2D eigenvalue weighted by molar-refractivity contribution is 0.155. The molecule has 1 aromatic carbocycles. The van der Waals surface area contributed by atoms with Crippen molar-refractivity contribution in [1.29, 1.82) is 0 Å². The quantitative estimate of drug-likeness (QED) is 0.750. The van der Waals surface area contributed by atoms with Crippen molar-refractivity contribution in [2.45, 2.75) is 44.7 Å². The van der Waals surface area contributed by atoms with Gasteiger partial charge in [-0.05, 0) is 25.0 Å². The SMILES string of the molecule is ClCCN(Cc1ccc2ccccc2n1)C1CCCCC1. The average molecular weight is 303 g/mol. The van der Waals surface area contributed by atoms with Gasteiger partial charge in [-0.2, -0.15) is 0 Å². The largest absolute Gasteiger partial charge is 0.293 e. The normalized spacial score (nSPS) is 16.7. The van der Waals surface area contributed by atoms with E-state index in [9.17, 15) is 0 Å². The first-order valence-electron chi connectivity index (χ1n) is 8.01. The van der Waals surface area contributed by atoms with Gasteiger partial charge in [-0.1, -0.05) is 43.5 Å². The van der Waals surface area contributed by atoms with Crippen LogP contribution in [0.15, 0.2) is 36.4 Å². The summed E-state index contributed by atoms with van der Waals surface area (Å²) in [6.45, 7) is 1.88. The third kappa shape index (κ3) is 3.75. The molecule has 112 valence electrons. The van der Waals surface area contributed by atoms with E-state index in [0.29, 0.717) is 11.9 Å². The predicted octanol–water partition coefficient (Wildman–Crippen LogP) is 4.61. The van der Waals surface area contributed by atoms with Crippen molar-refractivity contribution in [2.24, 2.45) is 0 Å². The number of fused-ring (bicyclic) bond motifs is 1. The van der Waals surface area contributed by atoms with E-state index in [1.165, 1.54) is 37.5 Å². The van der Waals surface area contributed by atoms with E-state index in [-0.39, 0.29) is 0 Å². The van der Waals surface area contributed by atoms with E-state index < -0.39 is 0 Å². The highest BCUT2D eigenvalue weighted by atomic mass is 35.5. The third-order valence-corrected chi connectivity index (χ3v) is 4.65. The average Bonchev–Trinajstić information content (AvgIpc) is 2.55. The lowest BCUT2D eigenvalue weighted by atomic mass is 9.94. The molecule has 1 fully saturated rings. The van der Waals surface area contributed by atoms with Crippen molar-refractivity contribution in [3.8, 4) is 0 Å². The summed E-state index contributed by atoms with van der Waals surface area (Å²) in [4.78, 5) is 7.34. The second kappa shape index (κ2) is 7.24. The van der Waals surface area contributed by atoms with Gasteiger partial charge in [-0.15, -0.1) is 11.6 Å². The summed E-state index contributed by atoms with van der Waals surface area (Å²) < 4.78 is 0.